The van der Waals surface area contributed by atoms with Crippen molar-refractivity contribution < 1.29 is 14.0 Å². The number of benzene rings is 2. The molecule has 0 bridgehead atoms. The number of anilines is 1. The van der Waals surface area contributed by atoms with Crippen molar-refractivity contribution in [1.82, 2.24) is 5.32 Å². The van der Waals surface area contributed by atoms with Crippen LogP contribution in [0.2, 0.25) is 0 Å². The van der Waals surface area contributed by atoms with Crippen LogP contribution < -0.4 is 10.6 Å². The van der Waals surface area contributed by atoms with Crippen molar-refractivity contribution >= 4 is 17.5 Å². The number of hydrogen-bond donors (Lipinski definition) is 2. The lowest BCUT2D eigenvalue weighted by Crippen LogP contribution is -2.37. The fourth-order valence-electron chi connectivity index (χ4n) is 2.30. The van der Waals surface area contributed by atoms with E-state index in [-0.39, 0.29) is 17.2 Å². The van der Waals surface area contributed by atoms with Gasteiger partial charge in [0.15, 0.2) is 0 Å². The summed E-state index contributed by atoms with van der Waals surface area (Å²) in [5, 5.41) is 13.7. The predicted molar refractivity (Wildman–Crippen MR) is 92.3 cm³/mol. The van der Waals surface area contributed by atoms with E-state index >= 15 is 0 Å². The van der Waals surface area contributed by atoms with Crippen LogP contribution in [0.1, 0.15) is 29.5 Å². The Labute approximate surface area is 145 Å². The van der Waals surface area contributed by atoms with E-state index in [1.165, 1.54) is 12.1 Å². The topological polar surface area (TPSA) is 82.0 Å². The first-order valence-corrected chi connectivity index (χ1v) is 7.76. The molecule has 0 aliphatic heterocycles. The highest BCUT2D eigenvalue weighted by atomic mass is 19.1. The number of carbonyl (C=O) groups is 2. The summed E-state index contributed by atoms with van der Waals surface area (Å²) in [6.45, 7) is 4.25. The zero-order valence-corrected chi connectivity index (χ0v) is 14.0. The summed E-state index contributed by atoms with van der Waals surface area (Å²) in [7, 11) is 0. The van der Waals surface area contributed by atoms with Crippen LogP contribution in [-0.4, -0.2) is 18.4 Å². The lowest BCUT2D eigenvalue weighted by molar-refractivity contribution is -0.136. The molecule has 0 heterocycles. The lowest BCUT2D eigenvalue weighted by atomic mass is 9.99. The van der Waals surface area contributed by atoms with E-state index < -0.39 is 17.6 Å². The molecule has 25 heavy (non-hydrogen) atoms. The van der Waals surface area contributed by atoms with Crippen LogP contribution >= 0.6 is 0 Å². The highest BCUT2D eigenvalue weighted by Gasteiger charge is 2.16. The molecule has 0 aliphatic rings. The molecule has 0 spiro atoms. The Morgan fingerprint density at radius 2 is 1.96 bits per heavy atom. The van der Waals surface area contributed by atoms with Crippen molar-refractivity contribution in [3.63, 3.8) is 0 Å². The van der Waals surface area contributed by atoms with Crippen LogP contribution in [-0.2, 0) is 9.59 Å². The molecule has 2 rings (SSSR count). The highest BCUT2D eigenvalue weighted by Crippen LogP contribution is 2.16. The van der Waals surface area contributed by atoms with Crippen LogP contribution in [0, 0.1) is 24.1 Å². The molecule has 0 aromatic heterocycles. The molecule has 0 aliphatic carbocycles. The molecule has 0 radical (unpaired) electrons. The van der Waals surface area contributed by atoms with Gasteiger partial charge in [-0.15, -0.1) is 0 Å². The van der Waals surface area contributed by atoms with Gasteiger partial charge in [-0.05, 0) is 36.6 Å². The Hall–Kier alpha value is -3.20. The molecule has 0 fully saturated rings. The molecule has 1 unspecified atom stereocenters. The van der Waals surface area contributed by atoms with Gasteiger partial charge in [0.1, 0.15) is 11.9 Å². The summed E-state index contributed by atoms with van der Waals surface area (Å²) in [6, 6.07) is 13.1. The van der Waals surface area contributed by atoms with Crippen molar-refractivity contribution in [2.24, 2.45) is 0 Å². The molecular formula is C19H18FN3O2. The molecule has 128 valence electrons. The number of nitrogens with zero attached hydrogens (tertiary/aromatic N) is 1. The van der Waals surface area contributed by atoms with E-state index in [2.05, 4.69) is 10.6 Å². The minimum atomic E-state index is -0.869. The number of nitriles is 1. The van der Waals surface area contributed by atoms with Crippen LogP contribution in [0.25, 0.3) is 0 Å². The highest BCUT2D eigenvalue weighted by molar-refractivity contribution is 6.39. The molecule has 6 heteroatoms. The van der Waals surface area contributed by atoms with Crippen LogP contribution in [0.4, 0.5) is 10.1 Å². The first kappa shape index (κ1) is 18.1. The van der Waals surface area contributed by atoms with Gasteiger partial charge in [-0.1, -0.05) is 36.8 Å². The molecule has 2 aromatic carbocycles. The predicted octanol–water partition coefficient (Wildman–Crippen LogP) is 2.86. The van der Waals surface area contributed by atoms with Gasteiger partial charge in [-0.25, -0.2) is 4.39 Å². The van der Waals surface area contributed by atoms with Crippen molar-refractivity contribution in [2.75, 3.05) is 11.9 Å². The second-order valence-corrected chi connectivity index (χ2v) is 5.79. The van der Waals surface area contributed by atoms with E-state index in [4.69, 9.17) is 5.26 Å². The van der Waals surface area contributed by atoms with Crippen molar-refractivity contribution in [3.8, 4) is 6.07 Å². The third-order valence-corrected chi connectivity index (χ3v) is 3.73. The number of carbonyl (C=O) groups excluding carboxylic acids is 2. The molecule has 0 saturated heterocycles. The van der Waals surface area contributed by atoms with Crippen LogP contribution in [0.3, 0.4) is 0 Å². The monoisotopic (exact) mass is 339 g/mol. The fraction of sp³-hybridized carbons (Fsp3) is 0.211. The van der Waals surface area contributed by atoms with Crippen molar-refractivity contribution in [2.45, 2.75) is 19.8 Å². The Kier molecular flexibility index (Phi) is 5.85. The number of halogens is 1. The summed E-state index contributed by atoms with van der Waals surface area (Å²) in [6.07, 6.45) is 0. The van der Waals surface area contributed by atoms with E-state index in [1.54, 1.807) is 6.07 Å². The molecule has 2 aromatic rings. The number of amides is 2. The summed E-state index contributed by atoms with van der Waals surface area (Å²) in [4.78, 5) is 23.8. The maximum absolute atomic E-state index is 13.3. The maximum atomic E-state index is 13.3. The second-order valence-electron chi connectivity index (χ2n) is 5.79. The van der Waals surface area contributed by atoms with Gasteiger partial charge >= 0.3 is 11.8 Å². The number of aryl methyl sites for hydroxylation is 1. The molecule has 0 saturated carbocycles. The Morgan fingerprint density at radius 1 is 1.20 bits per heavy atom. The minimum Gasteiger partial charge on any atom is -0.347 e. The van der Waals surface area contributed by atoms with E-state index in [0.29, 0.717) is 6.54 Å². The summed E-state index contributed by atoms with van der Waals surface area (Å²) in [5.41, 5.74) is 2.17. The normalized spacial score (nSPS) is 11.3. The lowest BCUT2D eigenvalue weighted by Gasteiger charge is -2.13. The van der Waals surface area contributed by atoms with Gasteiger partial charge in [0.2, 0.25) is 0 Å². The van der Waals surface area contributed by atoms with Gasteiger partial charge in [-0.3, -0.25) is 9.59 Å². The van der Waals surface area contributed by atoms with Gasteiger partial charge in [-0.2, -0.15) is 5.26 Å². The third-order valence-electron chi connectivity index (χ3n) is 3.73. The second kappa shape index (κ2) is 8.06. The maximum Gasteiger partial charge on any atom is 0.313 e. The molecule has 2 N–H and O–H groups in total. The smallest absolute Gasteiger partial charge is 0.313 e. The van der Waals surface area contributed by atoms with Gasteiger partial charge in [0, 0.05) is 12.2 Å². The Bertz CT molecular complexity index is 843. The van der Waals surface area contributed by atoms with Gasteiger partial charge < -0.3 is 10.6 Å². The van der Waals surface area contributed by atoms with E-state index in [1.807, 2.05) is 38.1 Å². The Morgan fingerprint density at radius 3 is 2.64 bits per heavy atom. The van der Waals surface area contributed by atoms with E-state index in [9.17, 15) is 14.0 Å². The largest absolute Gasteiger partial charge is 0.347 e. The first-order valence-electron chi connectivity index (χ1n) is 7.76. The minimum absolute atomic E-state index is 0.0488. The molecule has 5 nitrogen and oxygen atoms in total. The zero-order chi connectivity index (χ0) is 18.4. The van der Waals surface area contributed by atoms with Crippen molar-refractivity contribution in [3.05, 3.63) is 65.0 Å². The summed E-state index contributed by atoms with van der Waals surface area (Å²) >= 11 is 0. The molecule has 2 amide bonds. The van der Waals surface area contributed by atoms with Gasteiger partial charge in [0.25, 0.3) is 0 Å². The third kappa shape index (κ3) is 4.88. The van der Waals surface area contributed by atoms with Crippen LogP contribution in [0.5, 0.6) is 0 Å². The zero-order valence-electron chi connectivity index (χ0n) is 14.0. The molecule has 1 atom stereocenters. The fourth-order valence-corrected chi connectivity index (χ4v) is 2.30. The average Bonchev–Trinajstić information content (AvgIpc) is 2.60. The SMILES string of the molecule is Cc1cccc(C(C)CNC(=O)C(=O)Nc2ccc(F)c(C#N)c2)c1. The average molecular weight is 339 g/mol. The Balaban J connectivity index is 1.92. The van der Waals surface area contributed by atoms with Crippen LogP contribution in [0.15, 0.2) is 42.5 Å². The summed E-state index contributed by atoms with van der Waals surface area (Å²) < 4.78 is 13.3. The molecular weight excluding hydrogens is 321 g/mol. The van der Waals surface area contributed by atoms with E-state index in [0.717, 1.165) is 17.2 Å². The van der Waals surface area contributed by atoms with Crippen molar-refractivity contribution in [1.29, 1.82) is 5.26 Å². The number of rotatable bonds is 4. The quantitative estimate of drug-likeness (QED) is 0.840. The standard InChI is InChI=1S/C19H18FN3O2/c1-12-4-3-5-14(8-12)13(2)11-22-18(24)19(25)23-16-6-7-17(20)15(9-16)10-21/h3-9,13H,11H2,1-2H3,(H,22,24)(H,23,25). The summed E-state index contributed by atoms with van der Waals surface area (Å²) in [5.74, 6) is -2.29. The van der Waals surface area contributed by atoms with Gasteiger partial charge in [0.05, 0.1) is 5.56 Å². The first-order chi connectivity index (χ1) is 11.9. The number of nitrogens with one attached hydrogen (secondary N) is 2. The number of hydrogen-bond acceptors (Lipinski definition) is 3.